The van der Waals surface area contributed by atoms with Crippen LogP contribution in [-0.4, -0.2) is 29.0 Å². The van der Waals surface area contributed by atoms with Crippen LogP contribution in [0.4, 0.5) is 11.5 Å². The Kier molecular flexibility index (Phi) is 6.23. The highest BCUT2D eigenvalue weighted by atomic mass is 16.5. The van der Waals surface area contributed by atoms with Gasteiger partial charge in [-0.1, -0.05) is 37.3 Å². The number of hydrogen-bond donors (Lipinski definition) is 1. The summed E-state index contributed by atoms with van der Waals surface area (Å²) in [5, 5.41) is 3.01. The van der Waals surface area contributed by atoms with Crippen molar-refractivity contribution >= 4 is 17.4 Å². The molecule has 1 fully saturated rings. The number of nitrogens with one attached hydrogen (secondary N) is 1. The molecular formula is C24H26N4O2. The third-order valence-corrected chi connectivity index (χ3v) is 5.40. The molecule has 6 nitrogen and oxygen atoms in total. The molecule has 0 bridgehead atoms. The van der Waals surface area contributed by atoms with Gasteiger partial charge >= 0.3 is 0 Å². The smallest absolute Gasteiger partial charge is 0.263 e. The maximum atomic E-state index is 12.6. The summed E-state index contributed by atoms with van der Waals surface area (Å²) in [6.45, 7) is 3.59. The molecule has 0 spiro atoms. The summed E-state index contributed by atoms with van der Waals surface area (Å²) in [5.74, 6) is 2.02. The van der Waals surface area contributed by atoms with Gasteiger partial charge in [0.05, 0.1) is 0 Å². The van der Waals surface area contributed by atoms with E-state index in [1.165, 1.54) is 5.56 Å². The normalized spacial score (nSPS) is 14.4. The molecule has 1 N–H and O–H groups in total. The largest absolute Gasteiger partial charge is 0.436 e. The van der Waals surface area contributed by atoms with Crippen molar-refractivity contribution in [3.8, 4) is 11.6 Å². The third kappa shape index (κ3) is 4.76. The topological polar surface area (TPSA) is 67.4 Å². The minimum absolute atomic E-state index is 0.0101. The zero-order chi connectivity index (χ0) is 20.8. The van der Waals surface area contributed by atoms with E-state index in [1.807, 2.05) is 42.5 Å². The molecule has 3 aromatic rings. The second-order valence-corrected chi connectivity index (χ2v) is 7.40. The molecule has 0 unspecified atom stereocenters. The van der Waals surface area contributed by atoms with E-state index in [9.17, 15) is 4.79 Å². The molecule has 0 radical (unpaired) electrons. The molecule has 0 atom stereocenters. The number of aryl methyl sites for hydroxylation is 1. The van der Waals surface area contributed by atoms with E-state index in [0.717, 1.165) is 49.6 Å². The van der Waals surface area contributed by atoms with Crippen molar-refractivity contribution in [2.45, 2.75) is 26.2 Å². The number of aromatic nitrogens is 2. The number of ether oxygens (including phenoxy) is 1. The van der Waals surface area contributed by atoms with Gasteiger partial charge in [-0.2, -0.15) is 0 Å². The lowest BCUT2D eigenvalue weighted by Gasteiger charge is -2.32. The SMILES string of the molecule is CCc1ccc(Oc2nccnc2N2CCC(C(=O)Nc3ccccc3)CC2)cc1. The lowest BCUT2D eigenvalue weighted by Crippen LogP contribution is -2.38. The fourth-order valence-electron chi connectivity index (χ4n) is 3.63. The van der Waals surface area contributed by atoms with Crippen molar-refractivity contribution in [2.24, 2.45) is 5.92 Å². The molecule has 1 aliphatic rings. The molecule has 154 valence electrons. The summed E-state index contributed by atoms with van der Waals surface area (Å²) < 4.78 is 6.02. The van der Waals surface area contributed by atoms with Crippen LogP contribution in [0.5, 0.6) is 11.6 Å². The molecule has 0 aliphatic carbocycles. The highest BCUT2D eigenvalue weighted by Crippen LogP contribution is 2.31. The highest BCUT2D eigenvalue weighted by Gasteiger charge is 2.27. The fraction of sp³-hybridized carbons (Fsp3) is 0.292. The predicted molar refractivity (Wildman–Crippen MR) is 118 cm³/mol. The van der Waals surface area contributed by atoms with Crippen molar-refractivity contribution in [3.05, 3.63) is 72.6 Å². The number of para-hydroxylation sites is 1. The van der Waals surface area contributed by atoms with E-state index in [1.54, 1.807) is 12.4 Å². The lowest BCUT2D eigenvalue weighted by atomic mass is 9.96. The van der Waals surface area contributed by atoms with Gasteiger partial charge in [-0.25, -0.2) is 9.97 Å². The number of hydrogen-bond acceptors (Lipinski definition) is 5. The Morgan fingerprint density at radius 3 is 2.43 bits per heavy atom. The quantitative estimate of drug-likeness (QED) is 0.648. The first-order valence-corrected chi connectivity index (χ1v) is 10.4. The Balaban J connectivity index is 1.39. The number of benzene rings is 2. The van der Waals surface area contributed by atoms with E-state index < -0.39 is 0 Å². The van der Waals surface area contributed by atoms with Crippen molar-refractivity contribution in [1.82, 2.24) is 9.97 Å². The first-order chi connectivity index (χ1) is 14.7. The Bertz CT molecular complexity index is 968. The Morgan fingerprint density at radius 2 is 1.73 bits per heavy atom. The van der Waals surface area contributed by atoms with Gasteiger partial charge in [0.2, 0.25) is 5.91 Å². The van der Waals surface area contributed by atoms with E-state index >= 15 is 0 Å². The molecule has 6 heteroatoms. The zero-order valence-electron chi connectivity index (χ0n) is 17.1. The van der Waals surface area contributed by atoms with E-state index in [-0.39, 0.29) is 11.8 Å². The summed E-state index contributed by atoms with van der Waals surface area (Å²) in [7, 11) is 0. The van der Waals surface area contributed by atoms with Crippen LogP contribution >= 0.6 is 0 Å². The number of amides is 1. The molecular weight excluding hydrogens is 376 g/mol. The molecule has 2 aromatic carbocycles. The third-order valence-electron chi connectivity index (χ3n) is 5.40. The Hall–Kier alpha value is -3.41. The number of carbonyl (C=O) groups is 1. The van der Waals surface area contributed by atoms with Gasteiger partial charge in [-0.05, 0) is 49.1 Å². The predicted octanol–water partition coefficient (Wildman–Crippen LogP) is 4.69. The second-order valence-electron chi connectivity index (χ2n) is 7.40. The first-order valence-electron chi connectivity index (χ1n) is 10.4. The molecule has 1 saturated heterocycles. The molecule has 1 aliphatic heterocycles. The van der Waals surface area contributed by atoms with E-state index in [0.29, 0.717) is 5.88 Å². The van der Waals surface area contributed by atoms with Crippen LogP contribution in [0.25, 0.3) is 0 Å². The molecule has 2 heterocycles. The number of carbonyl (C=O) groups excluding carboxylic acids is 1. The van der Waals surface area contributed by atoms with Gasteiger partial charge in [0.25, 0.3) is 5.88 Å². The highest BCUT2D eigenvalue weighted by molar-refractivity contribution is 5.92. The summed E-state index contributed by atoms with van der Waals surface area (Å²) in [5.41, 5.74) is 2.10. The second kappa shape index (κ2) is 9.39. The summed E-state index contributed by atoms with van der Waals surface area (Å²) in [6, 6.07) is 17.6. The standard InChI is InChI=1S/C24H26N4O2/c1-2-18-8-10-21(11-9-18)30-24-22(25-14-15-26-24)28-16-12-19(13-17-28)23(29)27-20-6-4-3-5-7-20/h3-11,14-15,19H,2,12-13,16-17H2,1H3,(H,27,29). The van der Waals surface area contributed by atoms with Crippen LogP contribution in [0.1, 0.15) is 25.3 Å². The van der Waals surface area contributed by atoms with Crippen LogP contribution in [0.2, 0.25) is 0 Å². The molecule has 30 heavy (non-hydrogen) atoms. The first kappa shape index (κ1) is 19.9. The molecule has 1 amide bonds. The van der Waals surface area contributed by atoms with Crippen molar-refractivity contribution in [3.63, 3.8) is 0 Å². The fourth-order valence-corrected chi connectivity index (χ4v) is 3.63. The van der Waals surface area contributed by atoms with Gasteiger partial charge in [0.15, 0.2) is 5.82 Å². The van der Waals surface area contributed by atoms with Crippen molar-refractivity contribution in [1.29, 1.82) is 0 Å². The van der Waals surface area contributed by atoms with Crippen LogP contribution < -0.4 is 15.0 Å². The van der Waals surface area contributed by atoms with Gasteiger partial charge in [-0.3, -0.25) is 4.79 Å². The van der Waals surface area contributed by atoms with E-state index in [2.05, 4.69) is 39.2 Å². The van der Waals surface area contributed by atoms with Crippen LogP contribution in [0.3, 0.4) is 0 Å². The minimum Gasteiger partial charge on any atom is -0.436 e. The van der Waals surface area contributed by atoms with Gasteiger partial charge in [0.1, 0.15) is 5.75 Å². The summed E-state index contributed by atoms with van der Waals surface area (Å²) in [6.07, 6.45) is 5.83. The number of anilines is 2. The van der Waals surface area contributed by atoms with Gasteiger partial charge in [-0.15, -0.1) is 0 Å². The molecule has 1 aromatic heterocycles. The van der Waals surface area contributed by atoms with Gasteiger partial charge in [0, 0.05) is 37.1 Å². The maximum absolute atomic E-state index is 12.6. The average Bonchev–Trinajstić information content (AvgIpc) is 2.81. The average molecular weight is 402 g/mol. The molecule has 4 rings (SSSR count). The monoisotopic (exact) mass is 402 g/mol. The number of rotatable bonds is 6. The number of nitrogens with zero attached hydrogens (tertiary/aromatic N) is 3. The zero-order valence-corrected chi connectivity index (χ0v) is 17.1. The Morgan fingerprint density at radius 1 is 1.03 bits per heavy atom. The van der Waals surface area contributed by atoms with Crippen LogP contribution in [-0.2, 0) is 11.2 Å². The molecule has 0 saturated carbocycles. The maximum Gasteiger partial charge on any atom is 0.263 e. The van der Waals surface area contributed by atoms with Gasteiger partial charge < -0.3 is 15.0 Å². The van der Waals surface area contributed by atoms with Crippen LogP contribution in [0, 0.1) is 5.92 Å². The summed E-state index contributed by atoms with van der Waals surface area (Å²) >= 11 is 0. The van der Waals surface area contributed by atoms with E-state index in [4.69, 9.17) is 4.74 Å². The Labute approximate surface area is 176 Å². The lowest BCUT2D eigenvalue weighted by molar-refractivity contribution is -0.120. The minimum atomic E-state index is -0.0101. The van der Waals surface area contributed by atoms with Crippen LogP contribution in [0.15, 0.2) is 67.0 Å². The van der Waals surface area contributed by atoms with Crippen molar-refractivity contribution < 1.29 is 9.53 Å². The van der Waals surface area contributed by atoms with Crippen molar-refractivity contribution in [2.75, 3.05) is 23.3 Å². The number of piperidine rings is 1. The summed E-state index contributed by atoms with van der Waals surface area (Å²) in [4.78, 5) is 23.6.